The molecule has 7 nitrogen and oxygen atoms in total. The molecule has 0 aliphatic carbocycles. The maximum Gasteiger partial charge on any atom is 0.254 e. The lowest BCUT2D eigenvalue weighted by molar-refractivity contribution is 0.0879. The van der Waals surface area contributed by atoms with Crippen molar-refractivity contribution in [1.29, 1.82) is 5.26 Å². The second-order valence-electron chi connectivity index (χ2n) is 6.61. The first-order chi connectivity index (χ1) is 12.0. The van der Waals surface area contributed by atoms with Gasteiger partial charge < -0.3 is 9.73 Å². The van der Waals surface area contributed by atoms with Crippen LogP contribution in [-0.2, 0) is 7.05 Å². The van der Waals surface area contributed by atoms with E-state index in [2.05, 4.69) is 22.4 Å². The standard InChI is InChI=1S/C18H23N5O2/c1-12-15(9-14(10-19)25-12)18(24)20-11-13-5-4-8-22(2)17(13)16-6-7-21-23(16)3/h6-7,9,13,17H,4-5,8,11H2,1-3H3,(H,20,24)/t13-,17+/m0/s1. The van der Waals surface area contributed by atoms with Gasteiger partial charge in [0.1, 0.15) is 11.8 Å². The molecule has 1 aliphatic rings. The number of nitrogens with one attached hydrogen (secondary N) is 1. The van der Waals surface area contributed by atoms with Gasteiger partial charge in [0.25, 0.3) is 5.91 Å². The number of carbonyl (C=O) groups excluding carboxylic acids is 1. The highest BCUT2D eigenvalue weighted by Gasteiger charge is 2.32. The van der Waals surface area contributed by atoms with Gasteiger partial charge in [0, 0.05) is 25.9 Å². The van der Waals surface area contributed by atoms with Crippen molar-refractivity contribution in [3.05, 3.63) is 41.1 Å². The van der Waals surface area contributed by atoms with E-state index in [0.29, 0.717) is 23.8 Å². The molecule has 0 unspecified atom stereocenters. The highest BCUT2D eigenvalue weighted by Crippen LogP contribution is 2.34. The fraction of sp³-hybridized carbons (Fsp3) is 0.500. The van der Waals surface area contributed by atoms with Gasteiger partial charge in [-0.1, -0.05) is 0 Å². The summed E-state index contributed by atoms with van der Waals surface area (Å²) >= 11 is 0. The highest BCUT2D eigenvalue weighted by molar-refractivity contribution is 5.95. The molecule has 0 saturated carbocycles. The minimum absolute atomic E-state index is 0.160. The van der Waals surface area contributed by atoms with Crippen LogP contribution >= 0.6 is 0 Å². The fourth-order valence-electron chi connectivity index (χ4n) is 3.70. The van der Waals surface area contributed by atoms with Crippen molar-refractivity contribution in [3.8, 4) is 6.07 Å². The quantitative estimate of drug-likeness (QED) is 0.919. The van der Waals surface area contributed by atoms with Crippen LogP contribution in [-0.4, -0.2) is 40.7 Å². The van der Waals surface area contributed by atoms with Gasteiger partial charge in [-0.25, -0.2) is 0 Å². The van der Waals surface area contributed by atoms with Gasteiger partial charge in [-0.3, -0.25) is 14.4 Å². The minimum Gasteiger partial charge on any atom is -0.450 e. The van der Waals surface area contributed by atoms with Crippen LogP contribution in [0.5, 0.6) is 0 Å². The van der Waals surface area contributed by atoms with E-state index < -0.39 is 0 Å². The Hall–Kier alpha value is -2.59. The lowest BCUT2D eigenvalue weighted by atomic mass is 9.87. The summed E-state index contributed by atoms with van der Waals surface area (Å²) in [5.74, 6) is 0.742. The highest BCUT2D eigenvalue weighted by atomic mass is 16.3. The van der Waals surface area contributed by atoms with E-state index in [1.807, 2.05) is 30.1 Å². The van der Waals surface area contributed by atoms with Crippen LogP contribution in [0.2, 0.25) is 0 Å². The molecule has 0 radical (unpaired) electrons. The van der Waals surface area contributed by atoms with Crippen molar-refractivity contribution in [2.24, 2.45) is 13.0 Å². The van der Waals surface area contributed by atoms with Gasteiger partial charge in [-0.05, 0) is 45.3 Å². The van der Waals surface area contributed by atoms with Crippen LogP contribution in [0.4, 0.5) is 0 Å². The zero-order valence-corrected chi connectivity index (χ0v) is 14.8. The van der Waals surface area contributed by atoms with E-state index >= 15 is 0 Å². The SMILES string of the molecule is Cc1oc(C#N)cc1C(=O)NC[C@@H]1CCCN(C)[C@H]1c1ccnn1C. The molecule has 2 aromatic heterocycles. The average molecular weight is 341 g/mol. The summed E-state index contributed by atoms with van der Waals surface area (Å²) in [7, 11) is 4.07. The summed E-state index contributed by atoms with van der Waals surface area (Å²) in [6.45, 7) is 3.31. The third-order valence-corrected chi connectivity index (χ3v) is 4.97. The summed E-state index contributed by atoms with van der Waals surface area (Å²) < 4.78 is 7.15. The monoisotopic (exact) mass is 341 g/mol. The first kappa shape index (κ1) is 17.2. The van der Waals surface area contributed by atoms with Gasteiger partial charge in [0.15, 0.2) is 0 Å². The smallest absolute Gasteiger partial charge is 0.254 e. The number of rotatable bonds is 4. The molecule has 1 aliphatic heterocycles. The van der Waals surface area contributed by atoms with Crippen molar-refractivity contribution >= 4 is 5.91 Å². The molecule has 1 fully saturated rings. The van der Waals surface area contributed by atoms with E-state index in [0.717, 1.165) is 25.1 Å². The Morgan fingerprint density at radius 3 is 2.96 bits per heavy atom. The van der Waals surface area contributed by atoms with Crippen LogP contribution in [0.15, 0.2) is 22.7 Å². The molecule has 132 valence electrons. The number of aromatic nitrogens is 2. The summed E-state index contributed by atoms with van der Waals surface area (Å²) in [6, 6.07) is 5.69. The molecule has 3 heterocycles. The number of aryl methyl sites for hydroxylation is 2. The number of amides is 1. The number of furan rings is 1. The normalized spacial score (nSPS) is 21.0. The van der Waals surface area contributed by atoms with Gasteiger partial charge in [0.2, 0.25) is 5.76 Å². The Labute approximate surface area is 147 Å². The number of nitriles is 1. The van der Waals surface area contributed by atoms with Crippen LogP contribution in [0.25, 0.3) is 0 Å². The molecule has 3 rings (SSSR count). The number of piperidine rings is 1. The van der Waals surface area contributed by atoms with Crippen molar-refractivity contribution in [1.82, 2.24) is 20.0 Å². The van der Waals surface area contributed by atoms with Gasteiger partial charge in [0.05, 0.1) is 17.3 Å². The zero-order valence-electron chi connectivity index (χ0n) is 14.8. The number of carbonyl (C=O) groups is 1. The van der Waals surface area contributed by atoms with Gasteiger partial charge >= 0.3 is 0 Å². The second-order valence-corrected chi connectivity index (χ2v) is 6.61. The molecule has 0 bridgehead atoms. The van der Waals surface area contributed by atoms with Crippen LogP contribution in [0.3, 0.4) is 0 Å². The third kappa shape index (κ3) is 3.44. The zero-order chi connectivity index (χ0) is 18.0. The van der Waals surface area contributed by atoms with Crippen molar-refractivity contribution < 1.29 is 9.21 Å². The molecule has 1 saturated heterocycles. The van der Waals surface area contributed by atoms with E-state index in [9.17, 15) is 4.79 Å². The molecular formula is C18H23N5O2. The second kappa shape index (κ2) is 7.11. The number of hydrogen-bond donors (Lipinski definition) is 1. The van der Waals surface area contributed by atoms with E-state index in [-0.39, 0.29) is 17.7 Å². The Morgan fingerprint density at radius 1 is 1.52 bits per heavy atom. The molecule has 1 N–H and O–H groups in total. The maximum atomic E-state index is 12.5. The van der Waals surface area contributed by atoms with Crippen LogP contribution in [0.1, 0.15) is 46.5 Å². The molecule has 25 heavy (non-hydrogen) atoms. The predicted octanol–water partition coefficient (Wildman–Crippen LogP) is 2.01. The first-order valence-corrected chi connectivity index (χ1v) is 8.48. The Bertz CT molecular complexity index is 801. The average Bonchev–Trinajstić information content (AvgIpc) is 3.18. The molecule has 7 heteroatoms. The number of nitrogens with zero attached hydrogens (tertiary/aromatic N) is 4. The van der Waals surface area contributed by atoms with Crippen molar-refractivity contribution in [2.75, 3.05) is 20.1 Å². The molecule has 0 spiro atoms. The van der Waals surface area contributed by atoms with E-state index in [4.69, 9.17) is 9.68 Å². The Kier molecular flexibility index (Phi) is 4.91. The topological polar surface area (TPSA) is 87.1 Å². The molecule has 1 amide bonds. The molecular weight excluding hydrogens is 318 g/mol. The predicted molar refractivity (Wildman–Crippen MR) is 91.8 cm³/mol. The summed E-state index contributed by atoms with van der Waals surface area (Å²) in [6.07, 6.45) is 3.97. The number of hydrogen-bond acceptors (Lipinski definition) is 5. The van der Waals surface area contributed by atoms with Gasteiger partial charge in [-0.2, -0.15) is 10.4 Å². The van der Waals surface area contributed by atoms with E-state index in [1.165, 1.54) is 6.07 Å². The molecule has 2 aromatic rings. The lowest BCUT2D eigenvalue weighted by Crippen LogP contribution is -2.42. The van der Waals surface area contributed by atoms with Crippen molar-refractivity contribution in [2.45, 2.75) is 25.8 Å². The summed E-state index contributed by atoms with van der Waals surface area (Å²) in [4.78, 5) is 14.8. The van der Waals surface area contributed by atoms with Crippen molar-refractivity contribution in [3.63, 3.8) is 0 Å². The summed E-state index contributed by atoms with van der Waals surface area (Å²) in [5, 5.41) is 16.2. The number of likely N-dealkylation sites (tertiary alicyclic amines) is 1. The van der Waals surface area contributed by atoms with Gasteiger partial charge in [-0.15, -0.1) is 0 Å². The van der Waals surface area contributed by atoms with E-state index in [1.54, 1.807) is 6.92 Å². The lowest BCUT2D eigenvalue weighted by Gasteiger charge is -2.39. The van der Waals surface area contributed by atoms with Crippen LogP contribution < -0.4 is 5.32 Å². The Morgan fingerprint density at radius 2 is 2.32 bits per heavy atom. The third-order valence-electron chi connectivity index (χ3n) is 4.97. The first-order valence-electron chi connectivity index (χ1n) is 8.48. The molecule has 0 aromatic carbocycles. The largest absolute Gasteiger partial charge is 0.450 e. The molecule has 2 atom stereocenters. The fourth-order valence-corrected chi connectivity index (χ4v) is 3.70. The Balaban J connectivity index is 1.72. The maximum absolute atomic E-state index is 12.5. The minimum atomic E-state index is -0.195. The summed E-state index contributed by atoms with van der Waals surface area (Å²) in [5.41, 5.74) is 1.59. The van der Waals surface area contributed by atoms with Crippen LogP contribution in [0, 0.1) is 24.2 Å².